The molecule has 110 valence electrons. The Morgan fingerprint density at radius 3 is 2.62 bits per heavy atom. The van der Waals surface area contributed by atoms with Gasteiger partial charge in [0.15, 0.2) is 11.5 Å². The van der Waals surface area contributed by atoms with Crippen molar-refractivity contribution in [3.63, 3.8) is 0 Å². The van der Waals surface area contributed by atoms with Crippen molar-refractivity contribution < 1.29 is 9.47 Å². The Balaban J connectivity index is 1.88. The van der Waals surface area contributed by atoms with Crippen molar-refractivity contribution in [2.45, 2.75) is 12.5 Å². The number of nitrogens with one attached hydrogen (secondary N) is 1. The van der Waals surface area contributed by atoms with Gasteiger partial charge >= 0.3 is 0 Å². The van der Waals surface area contributed by atoms with Crippen LogP contribution in [0.4, 0.5) is 0 Å². The predicted octanol–water partition coefficient (Wildman–Crippen LogP) is 2.97. The lowest BCUT2D eigenvalue weighted by atomic mass is 9.98. The van der Waals surface area contributed by atoms with E-state index >= 15 is 0 Å². The minimum Gasteiger partial charge on any atom is -0.486 e. The molecule has 4 nitrogen and oxygen atoms in total. The van der Waals surface area contributed by atoms with Crippen LogP contribution in [0, 0.1) is 0 Å². The van der Waals surface area contributed by atoms with E-state index in [0.29, 0.717) is 13.2 Å². The van der Waals surface area contributed by atoms with E-state index in [-0.39, 0.29) is 6.04 Å². The minimum atomic E-state index is -0.0252. The maximum Gasteiger partial charge on any atom is 0.166 e. The second kappa shape index (κ2) is 6.47. The molecule has 1 atom stereocenters. The molecule has 0 saturated heterocycles. The van der Waals surface area contributed by atoms with Crippen molar-refractivity contribution in [2.24, 2.45) is 5.84 Å². The highest BCUT2D eigenvalue weighted by Gasteiger charge is 2.21. The van der Waals surface area contributed by atoms with Crippen LogP contribution in [-0.4, -0.2) is 13.2 Å². The minimum absolute atomic E-state index is 0.0252. The third-order valence-electron chi connectivity index (χ3n) is 3.53. The smallest absolute Gasteiger partial charge is 0.166 e. The third kappa shape index (κ3) is 3.20. The number of ether oxygens (including phenoxy) is 2. The van der Waals surface area contributed by atoms with Crippen LogP contribution in [0.3, 0.4) is 0 Å². The zero-order valence-corrected chi connectivity index (χ0v) is 13.1. The summed E-state index contributed by atoms with van der Waals surface area (Å²) in [5, 5.41) is 0. The molecule has 0 fully saturated rings. The van der Waals surface area contributed by atoms with E-state index in [0.717, 1.165) is 28.0 Å². The molecule has 0 aromatic heterocycles. The van der Waals surface area contributed by atoms with Gasteiger partial charge in [0, 0.05) is 10.0 Å². The van der Waals surface area contributed by atoms with Crippen LogP contribution in [0.5, 0.6) is 11.5 Å². The molecule has 0 saturated carbocycles. The number of nitrogens with two attached hydrogens (primary N) is 1. The fourth-order valence-electron chi connectivity index (χ4n) is 2.49. The lowest BCUT2D eigenvalue weighted by molar-refractivity contribution is 0.168. The molecule has 1 unspecified atom stereocenters. The molecular formula is C16H17BrN2O2. The highest BCUT2D eigenvalue weighted by Crippen LogP contribution is 2.37. The van der Waals surface area contributed by atoms with Gasteiger partial charge in [-0.2, -0.15) is 0 Å². The van der Waals surface area contributed by atoms with E-state index in [1.54, 1.807) is 0 Å². The first-order chi connectivity index (χ1) is 10.3. The maximum atomic E-state index is 5.77. The summed E-state index contributed by atoms with van der Waals surface area (Å²) in [5.41, 5.74) is 5.11. The molecule has 0 spiro atoms. The SMILES string of the molecule is NNC(Cc1ccc(Br)cc1)c1cccc2c1OCCO2. The number of hydrogen-bond donors (Lipinski definition) is 2. The van der Waals surface area contributed by atoms with Gasteiger partial charge < -0.3 is 9.47 Å². The first-order valence-electron chi connectivity index (χ1n) is 6.87. The van der Waals surface area contributed by atoms with Crippen molar-refractivity contribution in [1.29, 1.82) is 0 Å². The molecule has 0 bridgehead atoms. The Morgan fingerprint density at radius 1 is 1.10 bits per heavy atom. The van der Waals surface area contributed by atoms with Crippen molar-refractivity contribution in [3.8, 4) is 11.5 Å². The van der Waals surface area contributed by atoms with Gasteiger partial charge in [0.1, 0.15) is 13.2 Å². The molecule has 5 heteroatoms. The molecule has 0 radical (unpaired) electrons. The Labute approximate surface area is 132 Å². The number of hydrazine groups is 1. The fourth-order valence-corrected chi connectivity index (χ4v) is 2.75. The van der Waals surface area contributed by atoms with Gasteiger partial charge in [-0.15, -0.1) is 0 Å². The highest BCUT2D eigenvalue weighted by atomic mass is 79.9. The summed E-state index contributed by atoms with van der Waals surface area (Å²) in [5.74, 6) is 7.34. The molecule has 1 heterocycles. The van der Waals surface area contributed by atoms with Crippen LogP contribution in [0.1, 0.15) is 17.2 Å². The molecule has 3 N–H and O–H groups in total. The fraction of sp³-hybridized carbons (Fsp3) is 0.250. The van der Waals surface area contributed by atoms with Gasteiger partial charge in [-0.25, -0.2) is 0 Å². The van der Waals surface area contributed by atoms with E-state index in [1.807, 2.05) is 30.3 Å². The number of benzene rings is 2. The molecule has 21 heavy (non-hydrogen) atoms. The zero-order valence-electron chi connectivity index (χ0n) is 11.5. The van der Waals surface area contributed by atoms with Gasteiger partial charge in [0.25, 0.3) is 0 Å². The van der Waals surface area contributed by atoms with Crippen LogP contribution in [0.2, 0.25) is 0 Å². The Morgan fingerprint density at radius 2 is 1.86 bits per heavy atom. The van der Waals surface area contributed by atoms with Crippen molar-refractivity contribution in [2.75, 3.05) is 13.2 Å². The Hall–Kier alpha value is -1.56. The first-order valence-corrected chi connectivity index (χ1v) is 7.66. The number of fused-ring (bicyclic) bond motifs is 1. The summed E-state index contributed by atoms with van der Waals surface area (Å²) in [6.45, 7) is 1.16. The molecule has 0 aliphatic carbocycles. The quantitative estimate of drug-likeness (QED) is 0.658. The molecule has 1 aliphatic rings. The van der Waals surface area contributed by atoms with Crippen LogP contribution in [-0.2, 0) is 6.42 Å². The van der Waals surface area contributed by atoms with Gasteiger partial charge in [-0.05, 0) is 30.2 Å². The summed E-state index contributed by atoms with van der Waals surface area (Å²) >= 11 is 3.45. The van der Waals surface area contributed by atoms with Crippen LogP contribution in [0.25, 0.3) is 0 Å². The summed E-state index contributed by atoms with van der Waals surface area (Å²) in [7, 11) is 0. The molecular weight excluding hydrogens is 332 g/mol. The van der Waals surface area contributed by atoms with Crippen LogP contribution >= 0.6 is 15.9 Å². The summed E-state index contributed by atoms with van der Waals surface area (Å²) in [6, 6.07) is 14.1. The standard InChI is InChI=1S/C16H17BrN2O2/c17-12-6-4-11(5-7-12)10-14(19-18)13-2-1-3-15-16(13)21-9-8-20-15/h1-7,14,19H,8-10,18H2. The van der Waals surface area contributed by atoms with Gasteiger partial charge in [-0.3, -0.25) is 11.3 Å². The number of rotatable bonds is 4. The topological polar surface area (TPSA) is 56.5 Å². The highest BCUT2D eigenvalue weighted by molar-refractivity contribution is 9.10. The van der Waals surface area contributed by atoms with E-state index in [9.17, 15) is 0 Å². The first kappa shape index (κ1) is 14.4. The summed E-state index contributed by atoms with van der Waals surface area (Å²) in [6.07, 6.45) is 0.781. The number of hydrogen-bond acceptors (Lipinski definition) is 4. The van der Waals surface area contributed by atoms with E-state index in [2.05, 4.69) is 33.5 Å². The van der Waals surface area contributed by atoms with Crippen molar-refractivity contribution in [1.82, 2.24) is 5.43 Å². The van der Waals surface area contributed by atoms with E-state index in [1.165, 1.54) is 5.56 Å². The zero-order chi connectivity index (χ0) is 14.7. The molecule has 2 aromatic carbocycles. The predicted molar refractivity (Wildman–Crippen MR) is 85.3 cm³/mol. The maximum absolute atomic E-state index is 5.77. The average molecular weight is 349 g/mol. The normalized spacial score (nSPS) is 14.8. The van der Waals surface area contributed by atoms with Crippen molar-refractivity contribution >= 4 is 15.9 Å². The van der Waals surface area contributed by atoms with Crippen LogP contribution in [0.15, 0.2) is 46.9 Å². The Kier molecular flexibility index (Phi) is 4.43. The average Bonchev–Trinajstić information content (AvgIpc) is 2.54. The second-order valence-electron chi connectivity index (χ2n) is 4.92. The third-order valence-corrected chi connectivity index (χ3v) is 4.06. The van der Waals surface area contributed by atoms with E-state index < -0.39 is 0 Å². The van der Waals surface area contributed by atoms with E-state index in [4.69, 9.17) is 15.3 Å². The van der Waals surface area contributed by atoms with Crippen LogP contribution < -0.4 is 20.7 Å². The Bertz CT molecular complexity index is 616. The lowest BCUT2D eigenvalue weighted by Crippen LogP contribution is -2.30. The number of halogens is 1. The molecule has 3 rings (SSSR count). The molecule has 0 amide bonds. The largest absolute Gasteiger partial charge is 0.486 e. The van der Waals surface area contributed by atoms with Gasteiger partial charge in [0.2, 0.25) is 0 Å². The van der Waals surface area contributed by atoms with Gasteiger partial charge in [-0.1, -0.05) is 40.2 Å². The lowest BCUT2D eigenvalue weighted by Gasteiger charge is -2.25. The second-order valence-corrected chi connectivity index (χ2v) is 5.84. The number of para-hydroxylation sites is 1. The summed E-state index contributed by atoms with van der Waals surface area (Å²) < 4.78 is 12.5. The van der Waals surface area contributed by atoms with Crippen molar-refractivity contribution in [3.05, 3.63) is 58.1 Å². The summed E-state index contributed by atoms with van der Waals surface area (Å²) in [4.78, 5) is 0. The molecule has 1 aliphatic heterocycles. The monoisotopic (exact) mass is 348 g/mol. The molecule has 2 aromatic rings. The van der Waals surface area contributed by atoms with Gasteiger partial charge in [0.05, 0.1) is 6.04 Å².